The number of aromatic nitrogens is 2. The zero-order chi connectivity index (χ0) is 8.97. The molecule has 0 saturated heterocycles. The summed E-state index contributed by atoms with van der Waals surface area (Å²) >= 11 is 0. The Labute approximate surface area is 73.1 Å². The molecule has 1 N–H and O–H groups in total. The number of aliphatic hydroxyl groups is 1. The number of hydrogen-bond acceptors (Lipinski definition) is 2. The van der Waals surface area contributed by atoms with Crippen LogP contribution in [0.25, 0.3) is 0 Å². The van der Waals surface area contributed by atoms with Gasteiger partial charge in [-0.05, 0) is 12.3 Å². The number of nitrogens with zero attached hydrogens (tertiary/aromatic N) is 2. The molecule has 1 unspecified atom stereocenters. The van der Waals surface area contributed by atoms with Crippen molar-refractivity contribution in [2.24, 2.45) is 5.92 Å². The van der Waals surface area contributed by atoms with Crippen molar-refractivity contribution in [3.63, 3.8) is 0 Å². The zero-order valence-corrected chi connectivity index (χ0v) is 7.64. The summed E-state index contributed by atoms with van der Waals surface area (Å²) in [5.41, 5.74) is 0. The summed E-state index contributed by atoms with van der Waals surface area (Å²) in [6, 6.07) is 0.187. The summed E-state index contributed by atoms with van der Waals surface area (Å²) in [7, 11) is 0. The van der Waals surface area contributed by atoms with Crippen molar-refractivity contribution in [3.8, 4) is 0 Å². The molecule has 1 heterocycles. The number of imidazole rings is 1. The fraction of sp³-hybridized carbons (Fsp3) is 0.667. The number of aliphatic hydroxyl groups excluding tert-OH is 1. The van der Waals surface area contributed by atoms with Gasteiger partial charge in [-0.1, -0.05) is 13.8 Å². The van der Waals surface area contributed by atoms with Crippen LogP contribution in [0.2, 0.25) is 0 Å². The third-order valence-electron chi connectivity index (χ3n) is 1.90. The van der Waals surface area contributed by atoms with Crippen LogP contribution in [-0.4, -0.2) is 21.3 Å². The smallest absolute Gasteiger partial charge is 0.0949 e. The first-order chi connectivity index (χ1) is 5.74. The highest BCUT2D eigenvalue weighted by Gasteiger charge is 2.10. The maximum atomic E-state index is 9.10. The van der Waals surface area contributed by atoms with Gasteiger partial charge in [-0.2, -0.15) is 0 Å². The summed E-state index contributed by atoms with van der Waals surface area (Å²) in [6.45, 7) is 4.49. The van der Waals surface area contributed by atoms with Crippen molar-refractivity contribution in [2.45, 2.75) is 26.3 Å². The Morgan fingerprint density at radius 3 is 2.67 bits per heavy atom. The molecule has 0 amide bonds. The SMILES string of the molecule is CC(C)CC(CO)n1ccnc1. The van der Waals surface area contributed by atoms with Crippen LogP contribution in [0.5, 0.6) is 0 Å². The molecule has 1 aromatic rings. The van der Waals surface area contributed by atoms with E-state index in [4.69, 9.17) is 5.11 Å². The summed E-state index contributed by atoms with van der Waals surface area (Å²) in [5, 5.41) is 9.10. The minimum Gasteiger partial charge on any atom is -0.394 e. The van der Waals surface area contributed by atoms with Gasteiger partial charge in [0, 0.05) is 12.4 Å². The van der Waals surface area contributed by atoms with Crippen LogP contribution in [-0.2, 0) is 0 Å². The van der Waals surface area contributed by atoms with E-state index in [0.717, 1.165) is 6.42 Å². The molecule has 0 bridgehead atoms. The quantitative estimate of drug-likeness (QED) is 0.739. The molecule has 0 aliphatic rings. The van der Waals surface area contributed by atoms with Crippen LogP contribution in [0.4, 0.5) is 0 Å². The highest BCUT2D eigenvalue weighted by atomic mass is 16.3. The topological polar surface area (TPSA) is 38.0 Å². The van der Waals surface area contributed by atoms with E-state index in [1.54, 1.807) is 12.5 Å². The summed E-state index contributed by atoms with van der Waals surface area (Å²) in [4.78, 5) is 3.95. The Hall–Kier alpha value is -0.830. The van der Waals surface area contributed by atoms with Crippen LogP contribution in [0.1, 0.15) is 26.3 Å². The molecule has 3 nitrogen and oxygen atoms in total. The van der Waals surface area contributed by atoms with E-state index in [9.17, 15) is 0 Å². The first-order valence-corrected chi connectivity index (χ1v) is 4.32. The molecule has 0 aliphatic heterocycles. The average molecular weight is 168 g/mol. The Morgan fingerprint density at radius 1 is 1.50 bits per heavy atom. The van der Waals surface area contributed by atoms with E-state index in [1.807, 2.05) is 10.8 Å². The average Bonchev–Trinajstić information content (AvgIpc) is 2.51. The third kappa shape index (κ3) is 2.34. The van der Waals surface area contributed by atoms with Gasteiger partial charge in [-0.15, -0.1) is 0 Å². The van der Waals surface area contributed by atoms with Crippen molar-refractivity contribution < 1.29 is 5.11 Å². The Kier molecular flexibility index (Phi) is 3.29. The van der Waals surface area contributed by atoms with E-state index in [2.05, 4.69) is 18.8 Å². The lowest BCUT2D eigenvalue weighted by Gasteiger charge is -2.17. The number of hydrogen-bond donors (Lipinski definition) is 1. The lowest BCUT2D eigenvalue weighted by Crippen LogP contribution is -2.13. The molecule has 0 radical (unpaired) electrons. The lowest BCUT2D eigenvalue weighted by molar-refractivity contribution is 0.208. The molecule has 1 atom stereocenters. The highest BCUT2D eigenvalue weighted by molar-refractivity contribution is 4.80. The standard InChI is InChI=1S/C9H16N2O/c1-8(2)5-9(6-12)11-4-3-10-7-11/h3-4,7-9,12H,5-6H2,1-2H3. The second-order valence-corrected chi connectivity index (χ2v) is 3.48. The van der Waals surface area contributed by atoms with Gasteiger partial charge in [0.25, 0.3) is 0 Å². The molecular formula is C9H16N2O. The van der Waals surface area contributed by atoms with Gasteiger partial charge in [0.15, 0.2) is 0 Å². The summed E-state index contributed by atoms with van der Waals surface area (Å²) in [6.07, 6.45) is 6.38. The van der Waals surface area contributed by atoms with Crippen LogP contribution in [0.3, 0.4) is 0 Å². The van der Waals surface area contributed by atoms with Crippen LogP contribution in [0, 0.1) is 5.92 Å². The third-order valence-corrected chi connectivity index (χ3v) is 1.90. The van der Waals surface area contributed by atoms with Crippen LogP contribution in [0.15, 0.2) is 18.7 Å². The van der Waals surface area contributed by atoms with Gasteiger partial charge < -0.3 is 9.67 Å². The molecule has 1 aromatic heterocycles. The van der Waals surface area contributed by atoms with E-state index in [1.165, 1.54) is 0 Å². The minimum absolute atomic E-state index is 0.187. The van der Waals surface area contributed by atoms with Gasteiger partial charge in [0.2, 0.25) is 0 Å². The molecule has 1 rings (SSSR count). The fourth-order valence-corrected chi connectivity index (χ4v) is 1.32. The Morgan fingerprint density at radius 2 is 2.25 bits per heavy atom. The van der Waals surface area contributed by atoms with Gasteiger partial charge in [-0.25, -0.2) is 4.98 Å². The molecule has 0 saturated carbocycles. The predicted octanol–water partition coefficient (Wildman–Crippen LogP) is 1.46. The fourth-order valence-electron chi connectivity index (χ4n) is 1.32. The largest absolute Gasteiger partial charge is 0.394 e. The van der Waals surface area contributed by atoms with Gasteiger partial charge in [-0.3, -0.25) is 0 Å². The molecule has 0 aromatic carbocycles. The normalized spacial score (nSPS) is 13.7. The highest BCUT2D eigenvalue weighted by Crippen LogP contribution is 2.15. The molecular weight excluding hydrogens is 152 g/mol. The first-order valence-electron chi connectivity index (χ1n) is 4.32. The lowest BCUT2D eigenvalue weighted by atomic mass is 10.0. The minimum atomic E-state index is 0.187. The van der Waals surface area contributed by atoms with Crippen molar-refractivity contribution in [3.05, 3.63) is 18.7 Å². The van der Waals surface area contributed by atoms with E-state index >= 15 is 0 Å². The second kappa shape index (κ2) is 4.26. The van der Waals surface area contributed by atoms with Gasteiger partial charge >= 0.3 is 0 Å². The van der Waals surface area contributed by atoms with E-state index in [0.29, 0.717) is 5.92 Å². The second-order valence-electron chi connectivity index (χ2n) is 3.48. The van der Waals surface area contributed by atoms with E-state index in [-0.39, 0.29) is 12.6 Å². The molecule has 0 fully saturated rings. The van der Waals surface area contributed by atoms with Crippen molar-refractivity contribution in [2.75, 3.05) is 6.61 Å². The predicted molar refractivity (Wildman–Crippen MR) is 47.8 cm³/mol. The van der Waals surface area contributed by atoms with E-state index < -0.39 is 0 Å². The number of rotatable bonds is 4. The Balaban J connectivity index is 2.57. The van der Waals surface area contributed by atoms with Gasteiger partial charge in [0.05, 0.1) is 19.0 Å². The van der Waals surface area contributed by atoms with Crippen molar-refractivity contribution in [1.29, 1.82) is 0 Å². The molecule has 12 heavy (non-hydrogen) atoms. The monoisotopic (exact) mass is 168 g/mol. The molecule has 3 heteroatoms. The molecule has 0 aliphatic carbocycles. The molecule has 68 valence electrons. The zero-order valence-electron chi connectivity index (χ0n) is 7.64. The molecule has 0 spiro atoms. The maximum Gasteiger partial charge on any atom is 0.0949 e. The van der Waals surface area contributed by atoms with Crippen molar-refractivity contribution >= 4 is 0 Å². The van der Waals surface area contributed by atoms with Crippen LogP contribution < -0.4 is 0 Å². The van der Waals surface area contributed by atoms with Crippen molar-refractivity contribution in [1.82, 2.24) is 9.55 Å². The van der Waals surface area contributed by atoms with Gasteiger partial charge in [0.1, 0.15) is 0 Å². The first kappa shape index (κ1) is 9.26. The van der Waals surface area contributed by atoms with Crippen LogP contribution >= 0.6 is 0 Å². The summed E-state index contributed by atoms with van der Waals surface area (Å²) < 4.78 is 1.96. The Bertz CT molecular complexity index is 206. The maximum absolute atomic E-state index is 9.10. The summed E-state index contributed by atoms with van der Waals surface area (Å²) in [5.74, 6) is 0.601.